The molecule has 3 aromatic rings. The van der Waals surface area contributed by atoms with Gasteiger partial charge in [-0.1, -0.05) is 42.4 Å². The van der Waals surface area contributed by atoms with Crippen molar-refractivity contribution in [3.05, 3.63) is 60.4 Å². The van der Waals surface area contributed by atoms with Gasteiger partial charge in [0.2, 0.25) is 17.7 Å². The quantitative estimate of drug-likeness (QED) is 0.609. The van der Waals surface area contributed by atoms with Crippen LogP contribution in [0, 0.1) is 0 Å². The van der Waals surface area contributed by atoms with Gasteiger partial charge in [-0.3, -0.25) is 14.4 Å². The molecule has 1 saturated heterocycles. The molecule has 1 fully saturated rings. The highest BCUT2D eigenvalue weighted by Gasteiger charge is 2.37. The summed E-state index contributed by atoms with van der Waals surface area (Å²) in [5, 5.41) is 6.99. The molecule has 3 heterocycles. The minimum atomic E-state index is -0.284. The zero-order valence-corrected chi connectivity index (χ0v) is 19.6. The van der Waals surface area contributed by atoms with E-state index in [0.29, 0.717) is 49.0 Å². The number of fused-ring (bicyclic) bond motifs is 1. The lowest BCUT2D eigenvalue weighted by atomic mass is 9.79. The normalized spacial score (nSPS) is 17.0. The van der Waals surface area contributed by atoms with Crippen molar-refractivity contribution < 1.29 is 18.9 Å². The number of nitrogens with zero attached hydrogens (tertiary/aromatic N) is 4. The molecule has 9 nitrogen and oxygen atoms in total. The van der Waals surface area contributed by atoms with Gasteiger partial charge >= 0.3 is 0 Å². The fraction of sp³-hybridized carbons (Fsp3) is 0.346. The fourth-order valence-corrected chi connectivity index (χ4v) is 4.60. The van der Waals surface area contributed by atoms with E-state index in [1.165, 1.54) is 4.90 Å². The van der Waals surface area contributed by atoms with Crippen LogP contribution < -0.4 is 10.2 Å². The zero-order valence-electron chi connectivity index (χ0n) is 19.6. The van der Waals surface area contributed by atoms with Crippen molar-refractivity contribution >= 4 is 29.1 Å². The Balaban J connectivity index is 1.16. The maximum absolute atomic E-state index is 12.9. The Morgan fingerprint density at radius 2 is 1.69 bits per heavy atom. The summed E-state index contributed by atoms with van der Waals surface area (Å²) in [5.74, 6) is 0.610. The molecule has 35 heavy (non-hydrogen) atoms. The van der Waals surface area contributed by atoms with Crippen LogP contribution in [0.3, 0.4) is 0 Å². The first-order valence-corrected chi connectivity index (χ1v) is 11.8. The summed E-state index contributed by atoms with van der Waals surface area (Å²) >= 11 is 0. The number of amides is 3. The van der Waals surface area contributed by atoms with Crippen LogP contribution in [0.4, 0.5) is 11.4 Å². The van der Waals surface area contributed by atoms with Crippen LogP contribution in [0.2, 0.25) is 0 Å². The van der Waals surface area contributed by atoms with Gasteiger partial charge in [0.05, 0.1) is 11.4 Å². The maximum Gasteiger partial charge on any atom is 0.257 e. The average molecular weight is 474 g/mol. The molecule has 9 heteroatoms. The minimum absolute atomic E-state index is 0.0399. The van der Waals surface area contributed by atoms with E-state index < -0.39 is 0 Å². The van der Waals surface area contributed by atoms with E-state index in [2.05, 4.69) is 22.4 Å². The Hall–Kier alpha value is -4.01. The Morgan fingerprint density at radius 3 is 2.46 bits per heavy atom. The molecule has 1 aromatic heterocycles. The number of carbonyl (C=O) groups is 3. The summed E-state index contributed by atoms with van der Waals surface area (Å²) in [6.45, 7) is 3.18. The number of hydrogen-bond donors (Lipinski definition) is 1. The first kappa shape index (κ1) is 22.8. The van der Waals surface area contributed by atoms with Gasteiger partial charge in [0, 0.05) is 36.9 Å². The van der Waals surface area contributed by atoms with Crippen molar-refractivity contribution in [3.63, 3.8) is 0 Å². The van der Waals surface area contributed by atoms with Gasteiger partial charge in [0.15, 0.2) is 5.82 Å². The van der Waals surface area contributed by atoms with Gasteiger partial charge in [0.25, 0.3) is 5.89 Å². The first-order chi connectivity index (χ1) is 16.9. The molecule has 0 saturated carbocycles. The van der Waals surface area contributed by atoms with E-state index in [4.69, 9.17) is 4.52 Å². The summed E-state index contributed by atoms with van der Waals surface area (Å²) in [6.07, 6.45) is 1.58. The predicted molar refractivity (Wildman–Crippen MR) is 130 cm³/mol. The number of hydrogen-bond acceptors (Lipinski definition) is 6. The topological polar surface area (TPSA) is 109 Å². The number of rotatable bonds is 5. The van der Waals surface area contributed by atoms with Crippen LogP contribution in [-0.2, 0) is 19.8 Å². The standard InChI is InChI=1S/C26H27N5O4/c1-26(25-28-24(35-29-25)18-7-3-2-4-8-18)13-15-30(16-14-26)22(33)11-12-23(34)31-17-21(32)27-19-9-5-6-10-20(19)31/h2-10H,11-17H2,1H3,(H,27,32). The Bertz CT molecular complexity index is 1250. The second-order valence-corrected chi connectivity index (χ2v) is 9.28. The third-order valence-electron chi connectivity index (χ3n) is 6.83. The van der Waals surface area contributed by atoms with E-state index in [1.807, 2.05) is 36.4 Å². The van der Waals surface area contributed by atoms with Crippen molar-refractivity contribution in [2.24, 2.45) is 0 Å². The van der Waals surface area contributed by atoms with Crippen molar-refractivity contribution in [1.29, 1.82) is 0 Å². The molecule has 1 N–H and O–H groups in total. The summed E-state index contributed by atoms with van der Waals surface area (Å²) in [5.41, 5.74) is 1.86. The average Bonchev–Trinajstić information content (AvgIpc) is 3.39. The van der Waals surface area contributed by atoms with Crippen molar-refractivity contribution in [1.82, 2.24) is 15.0 Å². The lowest BCUT2D eigenvalue weighted by Crippen LogP contribution is -2.45. The Labute approximate surface area is 203 Å². The highest BCUT2D eigenvalue weighted by Crippen LogP contribution is 2.35. The van der Waals surface area contributed by atoms with Gasteiger partial charge in [-0.25, -0.2) is 0 Å². The lowest BCUT2D eigenvalue weighted by molar-refractivity contribution is -0.134. The monoisotopic (exact) mass is 473 g/mol. The molecule has 2 aliphatic rings. The van der Waals surface area contributed by atoms with Gasteiger partial charge in [-0.2, -0.15) is 4.98 Å². The molecule has 2 aliphatic heterocycles. The molecule has 180 valence electrons. The van der Waals surface area contributed by atoms with Crippen LogP contribution >= 0.6 is 0 Å². The molecule has 2 aromatic carbocycles. The second kappa shape index (κ2) is 9.32. The van der Waals surface area contributed by atoms with Crippen LogP contribution in [-0.4, -0.2) is 52.4 Å². The third-order valence-corrected chi connectivity index (χ3v) is 6.83. The molecule has 0 bridgehead atoms. The van der Waals surface area contributed by atoms with E-state index in [-0.39, 0.29) is 42.5 Å². The van der Waals surface area contributed by atoms with Crippen LogP contribution in [0.5, 0.6) is 0 Å². The lowest BCUT2D eigenvalue weighted by Gasteiger charge is -2.37. The SMILES string of the molecule is CC1(c2noc(-c3ccccc3)n2)CCN(C(=O)CCC(=O)N2CC(=O)Nc3ccccc32)CC1. The smallest absolute Gasteiger partial charge is 0.257 e. The van der Waals surface area contributed by atoms with E-state index in [9.17, 15) is 14.4 Å². The van der Waals surface area contributed by atoms with Crippen LogP contribution in [0.15, 0.2) is 59.1 Å². The number of aromatic nitrogens is 2. The largest absolute Gasteiger partial charge is 0.343 e. The zero-order chi connectivity index (χ0) is 24.4. The molecule has 0 radical (unpaired) electrons. The second-order valence-electron chi connectivity index (χ2n) is 9.28. The van der Waals surface area contributed by atoms with Gasteiger partial charge in [0.1, 0.15) is 6.54 Å². The molecule has 5 rings (SSSR count). The highest BCUT2D eigenvalue weighted by atomic mass is 16.5. The maximum atomic E-state index is 12.9. The summed E-state index contributed by atoms with van der Waals surface area (Å²) in [6, 6.07) is 16.8. The molecular formula is C26H27N5O4. The molecule has 0 spiro atoms. The van der Waals surface area contributed by atoms with Crippen LogP contribution in [0.1, 0.15) is 38.4 Å². The molecule has 3 amide bonds. The van der Waals surface area contributed by atoms with Gasteiger partial charge in [-0.05, 0) is 37.1 Å². The number of likely N-dealkylation sites (tertiary alicyclic amines) is 1. The third kappa shape index (κ3) is 4.66. The number of anilines is 2. The minimum Gasteiger partial charge on any atom is -0.343 e. The molecule has 0 unspecified atom stereocenters. The van der Waals surface area contributed by atoms with Crippen molar-refractivity contribution in [2.75, 3.05) is 29.9 Å². The predicted octanol–water partition coefficient (Wildman–Crippen LogP) is 3.38. The van der Waals surface area contributed by atoms with E-state index in [0.717, 1.165) is 5.56 Å². The first-order valence-electron chi connectivity index (χ1n) is 11.8. The molecule has 0 atom stereocenters. The molecule has 0 aliphatic carbocycles. The van der Waals surface area contributed by atoms with E-state index in [1.54, 1.807) is 23.1 Å². The number of piperidine rings is 1. The Morgan fingerprint density at radius 1 is 1.00 bits per heavy atom. The van der Waals surface area contributed by atoms with E-state index >= 15 is 0 Å². The number of nitrogens with one attached hydrogen (secondary N) is 1. The Kier molecular flexibility index (Phi) is 6.07. The van der Waals surface area contributed by atoms with Crippen molar-refractivity contribution in [3.8, 4) is 11.5 Å². The highest BCUT2D eigenvalue weighted by molar-refractivity contribution is 6.10. The van der Waals surface area contributed by atoms with Gasteiger partial charge in [-0.15, -0.1) is 0 Å². The number of benzene rings is 2. The van der Waals surface area contributed by atoms with Gasteiger partial charge < -0.3 is 19.6 Å². The summed E-state index contributed by atoms with van der Waals surface area (Å²) in [4.78, 5) is 45.6. The molecular weight excluding hydrogens is 446 g/mol. The van der Waals surface area contributed by atoms with Crippen molar-refractivity contribution in [2.45, 2.75) is 38.0 Å². The summed E-state index contributed by atoms with van der Waals surface area (Å²) < 4.78 is 5.49. The fourth-order valence-electron chi connectivity index (χ4n) is 4.60. The summed E-state index contributed by atoms with van der Waals surface area (Å²) in [7, 11) is 0. The number of carbonyl (C=O) groups excluding carboxylic acids is 3. The number of para-hydroxylation sites is 2. The van der Waals surface area contributed by atoms with Crippen LogP contribution in [0.25, 0.3) is 11.5 Å².